The summed E-state index contributed by atoms with van der Waals surface area (Å²) < 4.78 is 24.8. The summed E-state index contributed by atoms with van der Waals surface area (Å²) in [4.78, 5) is 47.2. The van der Waals surface area contributed by atoms with Crippen LogP contribution in [0.4, 0.5) is 0 Å². The van der Waals surface area contributed by atoms with Gasteiger partial charge in [0.1, 0.15) is 0 Å². The van der Waals surface area contributed by atoms with Crippen molar-refractivity contribution in [2.45, 2.75) is 331 Å². The zero-order chi connectivity index (χ0) is 48.3. The summed E-state index contributed by atoms with van der Waals surface area (Å²) in [5, 5.41) is 0. The van der Waals surface area contributed by atoms with Crippen LogP contribution >= 0.6 is 0 Å². The predicted octanol–water partition coefficient (Wildman–Crippen LogP) is 19.2. The fraction of sp³-hybridized carbons (Fsp3) is 0.947. The van der Waals surface area contributed by atoms with Crippen molar-refractivity contribution >= 4 is 14.1 Å². The minimum absolute atomic E-state index is 0.000215. The molecule has 0 rings (SSSR count). The molecular formula is C57H112O7Ti. The quantitative estimate of drug-likeness (QED) is 0.0259. The van der Waals surface area contributed by atoms with Gasteiger partial charge >= 0.3 is 285 Å². The Balaban J connectivity index is 5.08. The molecule has 0 aliphatic carbocycles. The smallest absolute Gasteiger partial charge is 0.0628 e. The Labute approximate surface area is 406 Å². The zero-order valence-electron chi connectivity index (χ0n) is 44.9. The van der Waals surface area contributed by atoms with E-state index < -0.39 is 36.3 Å². The Kier molecular flexibility index (Phi) is 42.8. The van der Waals surface area contributed by atoms with Crippen LogP contribution in [0.5, 0.6) is 0 Å². The molecule has 0 fully saturated rings. The summed E-state index contributed by atoms with van der Waals surface area (Å²) in [6.45, 7) is 17.2. The van der Waals surface area contributed by atoms with Crippen molar-refractivity contribution in [3.63, 3.8) is 0 Å². The van der Waals surface area contributed by atoms with E-state index in [9.17, 15) is 14.4 Å². The number of hydrogen-bond acceptors (Lipinski definition) is 7. The summed E-state index contributed by atoms with van der Waals surface area (Å²) in [6.07, 6.45) is 44.5. The molecule has 8 heteroatoms. The van der Waals surface area contributed by atoms with Crippen LogP contribution in [0.25, 0.3) is 0 Å². The third-order valence-electron chi connectivity index (χ3n) is 13.4. The van der Waals surface area contributed by atoms with E-state index in [1.54, 1.807) is 13.8 Å². The van der Waals surface area contributed by atoms with Gasteiger partial charge in [0.15, 0.2) is 0 Å². The second kappa shape index (κ2) is 43.3. The fourth-order valence-corrected chi connectivity index (χ4v) is 13.5. The van der Waals surface area contributed by atoms with Crippen LogP contribution in [0, 0.1) is 17.8 Å². The Hall–Kier alpha value is -0.756. The molecule has 0 aliphatic rings. The average molecular weight is 957 g/mol. The summed E-state index contributed by atoms with van der Waals surface area (Å²) in [7, 11) is 0. The van der Waals surface area contributed by atoms with Crippen LogP contribution in [-0.4, -0.2) is 20.2 Å². The van der Waals surface area contributed by atoms with Crippen molar-refractivity contribution in [2.24, 2.45) is 17.8 Å². The standard InChI is InChI=1S/C18H36O2.2C18H35O.C3H8O2.O.Ti/c1-17(2)15-13-11-9-7-5-3-4-6-8-10-12-14-16-18(19)20;2*1-18(2)16-14-12-10-8-6-4-3-5-7-9-11-13-15-17-19;1-3(2)5-4;;/h17H,3-16H2,1-2H3,(H,19,20);2*18H,3-16H2,1-2H3;3-4H,1-2H3;;/q;;;;;+2/p-2. The summed E-state index contributed by atoms with van der Waals surface area (Å²) in [5.41, 5.74) is 0. The van der Waals surface area contributed by atoms with Crippen LogP contribution in [-0.2, 0) is 45.4 Å². The molecule has 0 saturated carbocycles. The van der Waals surface area contributed by atoms with Crippen molar-refractivity contribution in [1.29, 1.82) is 0 Å². The van der Waals surface area contributed by atoms with E-state index in [0.717, 1.165) is 75.5 Å². The number of carbonyl (C=O) groups is 3. The molecule has 0 spiro atoms. The maximum absolute atomic E-state index is 15.2. The Morgan fingerprint density at radius 3 is 0.769 bits per heavy atom. The van der Waals surface area contributed by atoms with Crippen LogP contribution in [0.15, 0.2) is 0 Å². The summed E-state index contributed by atoms with van der Waals surface area (Å²) >= 11 is -7.01. The van der Waals surface area contributed by atoms with Gasteiger partial charge in [0, 0.05) is 0 Å². The van der Waals surface area contributed by atoms with Gasteiger partial charge in [-0.2, -0.15) is 0 Å². The first-order valence-electron chi connectivity index (χ1n) is 28.7. The molecule has 0 unspecified atom stereocenters. The Morgan fingerprint density at radius 2 is 0.538 bits per heavy atom. The van der Waals surface area contributed by atoms with E-state index >= 15 is 3.32 Å². The van der Waals surface area contributed by atoms with Gasteiger partial charge < -0.3 is 0 Å². The van der Waals surface area contributed by atoms with Crippen LogP contribution in [0.1, 0.15) is 325 Å². The zero-order valence-corrected chi connectivity index (χ0v) is 46.4. The molecule has 0 heterocycles. The molecular weight excluding hydrogens is 844 g/mol. The molecule has 0 radical (unpaired) electrons. The van der Waals surface area contributed by atoms with Gasteiger partial charge in [-0.1, -0.05) is 106 Å². The molecule has 0 amide bonds. The number of carbonyl (C=O) groups excluding carboxylic acids is 3. The molecule has 0 saturated heterocycles. The van der Waals surface area contributed by atoms with E-state index in [1.807, 2.05) is 0 Å². The van der Waals surface area contributed by atoms with Gasteiger partial charge in [-0.25, -0.2) is 0 Å². The molecule has 0 aromatic heterocycles. The van der Waals surface area contributed by atoms with Crippen molar-refractivity contribution in [2.75, 3.05) is 0 Å². The average Bonchev–Trinajstić information content (AvgIpc) is 3.25. The van der Waals surface area contributed by atoms with Gasteiger partial charge in [0.2, 0.25) is 0 Å². The molecule has 0 N–H and O–H groups in total. The second-order valence-corrected chi connectivity index (χ2v) is 27.5. The second-order valence-electron chi connectivity index (χ2n) is 22.1. The third-order valence-corrected chi connectivity index (χ3v) is 18.8. The normalized spacial score (nSPS) is 12.4. The molecule has 7 nitrogen and oxygen atoms in total. The molecule has 0 atom stereocenters. The summed E-state index contributed by atoms with van der Waals surface area (Å²) in [6, 6.07) is 0. The first-order valence-corrected chi connectivity index (χ1v) is 32.2. The van der Waals surface area contributed by atoms with E-state index in [1.165, 1.54) is 173 Å². The van der Waals surface area contributed by atoms with Crippen LogP contribution in [0.3, 0.4) is 0 Å². The topological polar surface area (TPSA) is 96.0 Å². The van der Waals surface area contributed by atoms with E-state index in [2.05, 4.69) is 41.5 Å². The fourth-order valence-electron chi connectivity index (χ4n) is 9.05. The first kappa shape index (κ1) is 64.2. The van der Waals surface area contributed by atoms with Crippen LogP contribution in [0.2, 0.25) is 0 Å². The van der Waals surface area contributed by atoms with Gasteiger partial charge in [-0.05, 0) is 17.8 Å². The maximum atomic E-state index is 15.2. The van der Waals surface area contributed by atoms with Crippen molar-refractivity contribution in [3.05, 3.63) is 0 Å². The molecule has 65 heavy (non-hydrogen) atoms. The van der Waals surface area contributed by atoms with Gasteiger partial charge in [0.25, 0.3) is 0 Å². The number of rotatable bonds is 51. The predicted molar refractivity (Wildman–Crippen MR) is 273 cm³/mol. The van der Waals surface area contributed by atoms with Gasteiger partial charge in [0.05, 0.1) is 0 Å². The van der Waals surface area contributed by atoms with E-state index in [4.69, 9.17) is 11.7 Å². The molecule has 0 bridgehead atoms. The van der Waals surface area contributed by atoms with Crippen molar-refractivity contribution in [3.8, 4) is 0 Å². The van der Waals surface area contributed by atoms with E-state index in [-0.39, 0.29) is 19.3 Å². The molecule has 0 aromatic carbocycles. The first-order chi connectivity index (χ1) is 31.2. The van der Waals surface area contributed by atoms with Crippen molar-refractivity contribution < 1.29 is 45.4 Å². The number of hydrogen-bond donors (Lipinski definition) is 0. The molecule has 0 aliphatic heterocycles. The van der Waals surface area contributed by atoms with Gasteiger partial charge in [-0.3, -0.25) is 0 Å². The van der Waals surface area contributed by atoms with Crippen molar-refractivity contribution in [1.82, 2.24) is 0 Å². The summed E-state index contributed by atoms with van der Waals surface area (Å²) in [5.74, 6) is 1.63. The molecule has 386 valence electrons. The minimum atomic E-state index is -7.01. The molecule has 0 aromatic rings. The Morgan fingerprint density at radius 1 is 0.323 bits per heavy atom. The monoisotopic (exact) mass is 957 g/mol. The van der Waals surface area contributed by atoms with E-state index in [0.29, 0.717) is 19.3 Å². The number of unbranched alkanes of at least 4 members (excludes halogenated alkanes) is 33. The minimum Gasteiger partial charge on any atom is -0.0628 e. The van der Waals surface area contributed by atoms with Crippen LogP contribution < -0.4 is 0 Å². The third kappa shape index (κ3) is 37.8. The Bertz CT molecular complexity index is 1130. The van der Waals surface area contributed by atoms with Gasteiger partial charge in [-0.15, -0.1) is 0 Å². The SMILES string of the molecule is CC(C)CCCCCCCCCCCCCCC(=O)[O][Ti](=[O])([O]OC(C)C)([C](=O)CCCCCCCCCCCCCCC(C)C)[C](=O)CCCCCCCCCCCCCCC(C)C.